The minimum atomic E-state index is -0.165. The molecule has 0 unspecified atom stereocenters. The number of hydrogen-bond donors (Lipinski definition) is 0. The molecule has 1 saturated carbocycles. The molecule has 0 aromatic heterocycles. The highest BCUT2D eigenvalue weighted by atomic mass is 14.5. The Balaban J connectivity index is 1.64. The van der Waals surface area contributed by atoms with E-state index < -0.39 is 0 Å². The van der Waals surface area contributed by atoms with Crippen LogP contribution in [0, 0.1) is 24.7 Å². The third kappa shape index (κ3) is 5.35. The van der Waals surface area contributed by atoms with Crippen molar-refractivity contribution in [3.05, 3.63) is 142 Å². The van der Waals surface area contributed by atoms with Gasteiger partial charge in [0.15, 0.2) is 0 Å². The Kier molecular flexibility index (Phi) is 8.14. The average molecular weight is 497 g/mol. The number of hydrogen-bond acceptors (Lipinski definition) is 0. The standard InChI is InChI=1S/C38H40/c1-4-30-17-23-35(24-18-30)38(34-9-7-6-8-10-34,36-25-19-31(5-2)20-26-36)37-27-21-33(22-28-37)16-15-32-13-11-29(3)12-14-32/h11-14,17-28,34H,4-10H2,1-3H3. The van der Waals surface area contributed by atoms with Crippen LogP contribution in [0.2, 0.25) is 0 Å². The highest BCUT2D eigenvalue weighted by Crippen LogP contribution is 2.50. The number of aryl methyl sites for hydroxylation is 3. The molecule has 0 spiro atoms. The normalized spacial score (nSPS) is 14.1. The smallest absolute Gasteiger partial charge is 0.0479 e. The Bertz CT molecular complexity index is 1320. The maximum absolute atomic E-state index is 3.40. The van der Waals surface area contributed by atoms with E-state index in [0.717, 1.165) is 24.0 Å². The lowest BCUT2D eigenvalue weighted by Gasteiger charge is -2.45. The van der Waals surface area contributed by atoms with Gasteiger partial charge in [-0.1, -0.05) is 123 Å². The van der Waals surface area contributed by atoms with Gasteiger partial charge in [0.2, 0.25) is 0 Å². The van der Waals surface area contributed by atoms with Crippen LogP contribution in [-0.4, -0.2) is 0 Å². The summed E-state index contributed by atoms with van der Waals surface area (Å²) in [7, 11) is 0. The van der Waals surface area contributed by atoms with Crippen LogP contribution in [0.25, 0.3) is 0 Å². The highest BCUT2D eigenvalue weighted by Gasteiger charge is 2.43. The van der Waals surface area contributed by atoms with Gasteiger partial charge in [-0.05, 0) is 90.6 Å². The molecule has 0 amide bonds. The first-order chi connectivity index (χ1) is 18.6. The van der Waals surface area contributed by atoms with Crippen molar-refractivity contribution in [2.75, 3.05) is 0 Å². The van der Waals surface area contributed by atoms with Crippen LogP contribution in [-0.2, 0) is 18.3 Å². The second-order valence-electron chi connectivity index (χ2n) is 10.9. The van der Waals surface area contributed by atoms with E-state index in [9.17, 15) is 0 Å². The van der Waals surface area contributed by atoms with Crippen LogP contribution in [0.3, 0.4) is 0 Å². The predicted octanol–water partition coefficient (Wildman–Crippen LogP) is 9.43. The molecule has 0 N–H and O–H groups in total. The third-order valence-electron chi connectivity index (χ3n) is 8.60. The molecule has 0 bridgehead atoms. The fraction of sp³-hybridized carbons (Fsp3) is 0.316. The Morgan fingerprint density at radius 3 is 1.37 bits per heavy atom. The molecule has 0 aliphatic heterocycles. The largest absolute Gasteiger partial charge is 0.0617 e. The first-order valence-corrected chi connectivity index (χ1v) is 14.5. The van der Waals surface area contributed by atoms with E-state index in [1.807, 2.05) is 0 Å². The van der Waals surface area contributed by atoms with Crippen LogP contribution in [0.5, 0.6) is 0 Å². The van der Waals surface area contributed by atoms with Gasteiger partial charge in [0.1, 0.15) is 0 Å². The SMILES string of the molecule is CCc1ccc(C(c2ccc(C#Cc3ccc(C)cc3)cc2)(c2ccc(CC)cc2)C2CCCCC2)cc1. The van der Waals surface area contributed by atoms with Crippen molar-refractivity contribution in [3.63, 3.8) is 0 Å². The van der Waals surface area contributed by atoms with Crippen LogP contribution in [0.1, 0.15) is 90.5 Å². The maximum atomic E-state index is 3.40. The van der Waals surface area contributed by atoms with E-state index in [1.54, 1.807) is 0 Å². The zero-order valence-electron chi connectivity index (χ0n) is 23.3. The van der Waals surface area contributed by atoms with Crippen LogP contribution in [0.15, 0.2) is 97.1 Å². The lowest BCUT2D eigenvalue weighted by Crippen LogP contribution is -2.39. The molecule has 192 valence electrons. The van der Waals surface area contributed by atoms with Crippen molar-refractivity contribution in [2.24, 2.45) is 5.92 Å². The first kappa shape index (κ1) is 26.1. The van der Waals surface area contributed by atoms with Crippen molar-refractivity contribution in [1.29, 1.82) is 0 Å². The highest BCUT2D eigenvalue weighted by molar-refractivity contribution is 5.54. The van der Waals surface area contributed by atoms with E-state index in [-0.39, 0.29) is 5.41 Å². The predicted molar refractivity (Wildman–Crippen MR) is 162 cm³/mol. The molecule has 0 atom stereocenters. The summed E-state index contributed by atoms with van der Waals surface area (Å²) in [6.45, 7) is 6.59. The first-order valence-electron chi connectivity index (χ1n) is 14.5. The molecular formula is C38H40. The molecule has 4 aromatic carbocycles. The van der Waals surface area contributed by atoms with Gasteiger partial charge in [-0.15, -0.1) is 0 Å². The summed E-state index contributed by atoms with van der Waals surface area (Å²) in [4.78, 5) is 0. The number of benzene rings is 4. The van der Waals surface area contributed by atoms with Crippen LogP contribution >= 0.6 is 0 Å². The second kappa shape index (κ2) is 11.9. The van der Waals surface area contributed by atoms with Crippen LogP contribution in [0.4, 0.5) is 0 Å². The van der Waals surface area contributed by atoms with Gasteiger partial charge in [-0.2, -0.15) is 0 Å². The summed E-state index contributed by atoms with van der Waals surface area (Å²) in [6.07, 6.45) is 8.63. The molecule has 5 rings (SSSR count). The fourth-order valence-electron chi connectivity index (χ4n) is 6.35. The summed E-state index contributed by atoms with van der Waals surface area (Å²) in [5.74, 6) is 7.32. The Morgan fingerprint density at radius 1 is 0.553 bits per heavy atom. The van der Waals surface area contributed by atoms with Gasteiger partial charge < -0.3 is 0 Å². The molecule has 0 heteroatoms. The molecule has 1 aliphatic rings. The molecule has 0 saturated heterocycles. The third-order valence-corrected chi connectivity index (χ3v) is 8.60. The minimum Gasteiger partial charge on any atom is -0.0617 e. The molecule has 1 fully saturated rings. The second-order valence-corrected chi connectivity index (χ2v) is 10.9. The van der Waals surface area contributed by atoms with Crippen LogP contribution < -0.4 is 0 Å². The molecule has 0 radical (unpaired) electrons. The van der Waals surface area contributed by atoms with Gasteiger partial charge >= 0.3 is 0 Å². The monoisotopic (exact) mass is 496 g/mol. The molecule has 0 heterocycles. The minimum absolute atomic E-state index is 0.165. The zero-order chi connectivity index (χ0) is 26.4. The lowest BCUT2D eigenvalue weighted by atomic mass is 9.58. The van der Waals surface area contributed by atoms with Gasteiger partial charge in [0.05, 0.1) is 0 Å². The van der Waals surface area contributed by atoms with E-state index in [2.05, 4.69) is 130 Å². The van der Waals surface area contributed by atoms with Crippen molar-refractivity contribution < 1.29 is 0 Å². The fourth-order valence-corrected chi connectivity index (χ4v) is 6.35. The van der Waals surface area contributed by atoms with Gasteiger partial charge in [0, 0.05) is 16.5 Å². The van der Waals surface area contributed by atoms with Crippen molar-refractivity contribution in [3.8, 4) is 11.8 Å². The summed E-state index contributed by atoms with van der Waals surface area (Å²) < 4.78 is 0. The van der Waals surface area contributed by atoms with E-state index in [1.165, 1.54) is 65.5 Å². The van der Waals surface area contributed by atoms with Crippen molar-refractivity contribution in [1.82, 2.24) is 0 Å². The molecule has 1 aliphatic carbocycles. The molecule has 0 nitrogen and oxygen atoms in total. The van der Waals surface area contributed by atoms with E-state index >= 15 is 0 Å². The van der Waals surface area contributed by atoms with Crippen molar-refractivity contribution in [2.45, 2.75) is 71.1 Å². The average Bonchev–Trinajstić information content (AvgIpc) is 2.99. The quantitative estimate of drug-likeness (QED) is 0.184. The maximum Gasteiger partial charge on any atom is 0.0479 e. The topological polar surface area (TPSA) is 0 Å². The Labute approximate surface area is 230 Å². The zero-order valence-corrected chi connectivity index (χ0v) is 23.3. The Hall–Kier alpha value is -3.56. The summed E-state index contributed by atoms with van der Waals surface area (Å²) in [6, 6.07) is 36.6. The molecule has 4 aromatic rings. The van der Waals surface area contributed by atoms with E-state index in [4.69, 9.17) is 0 Å². The number of rotatable bonds is 6. The molecule has 38 heavy (non-hydrogen) atoms. The summed E-state index contributed by atoms with van der Waals surface area (Å²) >= 11 is 0. The van der Waals surface area contributed by atoms with E-state index in [0.29, 0.717) is 5.92 Å². The molecular weight excluding hydrogens is 456 g/mol. The Morgan fingerprint density at radius 2 is 0.947 bits per heavy atom. The van der Waals surface area contributed by atoms with Gasteiger partial charge in [-0.3, -0.25) is 0 Å². The van der Waals surface area contributed by atoms with Crippen molar-refractivity contribution >= 4 is 0 Å². The summed E-state index contributed by atoms with van der Waals surface area (Å²) in [5.41, 5.74) is 10.2. The summed E-state index contributed by atoms with van der Waals surface area (Å²) in [5, 5.41) is 0. The lowest BCUT2D eigenvalue weighted by molar-refractivity contribution is 0.271. The van der Waals surface area contributed by atoms with Gasteiger partial charge in [0.25, 0.3) is 0 Å². The van der Waals surface area contributed by atoms with Gasteiger partial charge in [-0.25, -0.2) is 0 Å².